The molecule has 0 aromatic rings. The lowest BCUT2D eigenvalue weighted by Gasteiger charge is -2.23. The number of halogens is 1. The van der Waals surface area contributed by atoms with Crippen molar-refractivity contribution in [1.82, 2.24) is 10.2 Å². The monoisotopic (exact) mass is 491 g/mol. The van der Waals surface area contributed by atoms with Crippen LogP contribution in [-0.4, -0.2) is 47.8 Å². The van der Waals surface area contributed by atoms with Crippen LogP contribution in [0.5, 0.6) is 0 Å². The highest BCUT2D eigenvalue weighted by molar-refractivity contribution is 6.63. The maximum absolute atomic E-state index is 11.3. The van der Waals surface area contributed by atoms with Crippen molar-refractivity contribution in [2.24, 2.45) is 17.6 Å². The SMILES string of the molecule is C.CC(C)C(=O)Cl.CC(C)C(=O)NC1CCCCC1.CCN(CC)CC.NC1CCCCC1. The minimum atomic E-state index is -0.269. The molecule has 5 nitrogen and oxygen atoms in total. The van der Waals surface area contributed by atoms with E-state index >= 15 is 0 Å². The van der Waals surface area contributed by atoms with Crippen LogP contribution in [0.3, 0.4) is 0 Å². The average Bonchev–Trinajstić information content (AvgIpc) is 2.77. The van der Waals surface area contributed by atoms with E-state index in [1.165, 1.54) is 83.8 Å². The van der Waals surface area contributed by atoms with Crippen molar-refractivity contribution in [3.05, 3.63) is 0 Å². The minimum absolute atomic E-state index is 0. The van der Waals surface area contributed by atoms with Crippen molar-refractivity contribution >= 4 is 22.8 Å². The molecular weight excluding hydrogens is 434 g/mol. The number of rotatable bonds is 6. The van der Waals surface area contributed by atoms with E-state index in [1.807, 2.05) is 13.8 Å². The molecular formula is C27H58ClN3O2. The van der Waals surface area contributed by atoms with Gasteiger partial charge >= 0.3 is 0 Å². The minimum Gasteiger partial charge on any atom is -0.353 e. The Labute approximate surface area is 212 Å². The molecule has 0 aromatic heterocycles. The Bertz CT molecular complexity index is 437. The van der Waals surface area contributed by atoms with E-state index in [-0.39, 0.29) is 30.4 Å². The number of nitrogens with two attached hydrogens (primary N) is 1. The van der Waals surface area contributed by atoms with E-state index in [9.17, 15) is 9.59 Å². The Kier molecular flexibility index (Phi) is 27.4. The van der Waals surface area contributed by atoms with Gasteiger partial charge < -0.3 is 16.0 Å². The van der Waals surface area contributed by atoms with Gasteiger partial charge in [-0.1, -0.05) is 94.4 Å². The standard InChI is InChI=1S/C10H19NO.C6H13N.C6H15N.C4H7ClO.CH4/c1-8(2)10(12)11-9-6-4-3-5-7-9;7-6-4-2-1-3-5-6;1-4-7(5-2)6-3;1-3(2)4(5)6;/h8-9H,3-7H2,1-2H3,(H,11,12);6H,1-5,7H2;4-6H2,1-3H3;3H,1-2H3;1H4. The molecule has 0 bridgehead atoms. The second-order valence-corrected chi connectivity index (χ2v) is 9.85. The van der Waals surface area contributed by atoms with Crippen LogP contribution in [0.25, 0.3) is 0 Å². The van der Waals surface area contributed by atoms with Gasteiger partial charge in [0.05, 0.1) is 0 Å². The Morgan fingerprint density at radius 1 is 0.818 bits per heavy atom. The fourth-order valence-corrected chi connectivity index (χ4v) is 3.42. The van der Waals surface area contributed by atoms with Gasteiger partial charge in [0, 0.05) is 23.9 Å². The summed E-state index contributed by atoms with van der Waals surface area (Å²) < 4.78 is 0. The molecule has 0 saturated heterocycles. The lowest BCUT2D eigenvalue weighted by molar-refractivity contribution is -0.124. The first-order chi connectivity index (χ1) is 15.1. The highest BCUT2D eigenvalue weighted by atomic mass is 35.5. The van der Waals surface area contributed by atoms with Crippen LogP contribution in [0.4, 0.5) is 0 Å². The molecule has 0 unspecified atom stereocenters. The number of nitrogens with zero attached hydrogens (tertiary/aromatic N) is 1. The van der Waals surface area contributed by atoms with E-state index < -0.39 is 0 Å². The summed E-state index contributed by atoms with van der Waals surface area (Å²) in [5, 5.41) is 2.81. The van der Waals surface area contributed by atoms with Gasteiger partial charge in [-0.2, -0.15) is 0 Å². The van der Waals surface area contributed by atoms with Gasteiger partial charge in [0.15, 0.2) is 0 Å². The summed E-state index contributed by atoms with van der Waals surface area (Å²) in [6.45, 7) is 17.5. The topological polar surface area (TPSA) is 75.4 Å². The van der Waals surface area contributed by atoms with E-state index in [4.69, 9.17) is 17.3 Å². The molecule has 2 rings (SSSR count). The normalized spacial score (nSPS) is 16.4. The summed E-state index contributed by atoms with van der Waals surface area (Å²) in [7, 11) is 0. The average molecular weight is 492 g/mol. The van der Waals surface area contributed by atoms with E-state index in [2.05, 4.69) is 31.0 Å². The fraction of sp³-hybridized carbons (Fsp3) is 0.926. The van der Waals surface area contributed by atoms with Gasteiger partial charge in [0.2, 0.25) is 11.1 Å². The molecule has 0 atom stereocenters. The molecule has 0 aromatic carbocycles. The number of hydrogen-bond donors (Lipinski definition) is 2. The summed E-state index contributed by atoms with van der Waals surface area (Å²) in [4.78, 5) is 23.6. The molecule has 0 spiro atoms. The highest BCUT2D eigenvalue weighted by Crippen LogP contribution is 2.17. The molecule has 1 amide bonds. The van der Waals surface area contributed by atoms with Crippen molar-refractivity contribution in [2.45, 2.75) is 132 Å². The number of amides is 1. The number of nitrogens with one attached hydrogen (secondary N) is 1. The largest absolute Gasteiger partial charge is 0.353 e. The molecule has 33 heavy (non-hydrogen) atoms. The van der Waals surface area contributed by atoms with E-state index in [1.54, 1.807) is 13.8 Å². The van der Waals surface area contributed by atoms with Gasteiger partial charge in [0.25, 0.3) is 0 Å². The van der Waals surface area contributed by atoms with Crippen molar-refractivity contribution < 1.29 is 9.59 Å². The summed E-state index contributed by atoms with van der Waals surface area (Å²) >= 11 is 4.97. The summed E-state index contributed by atoms with van der Waals surface area (Å²) in [5.41, 5.74) is 5.63. The fourth-order valence-electron chi connectivity index (χ4n) is 3.42. The van der Waals surface area contributed by atoms with Crippen molar-refractivity contribution in [3.8, 4) is 0 Å². The summed E-state index contributed by atoms with van der Waals surface area (Å²) in [6.07, 6.45) is 12.9. The van der Waals surface area contributed by atoms with Crippen LogP contribution >= 0.6 is 11.6 Å². The van der Waals surface area contributed by atoms with E-state index in [0.29, 0.717) is 12.1 Å². The molecule has 6 heteroatoms. The second-order valence-electron chi connectivity index (χ2n) is 9.47. The Morgan fingerprint density at radius 3 is 1.39 bits per heavy atom. The first kappa shape index (κ1) is 36.9. The van der Waals surface area contributed by atoms with Gasteiger partial charge in [0.1, 0.15) is 0 Å². The quantitative estimate of drug-likeness (QED) is 0.402. The zero-order chi connectivity index (χ0) is 24.9. The van der Waals surface area contributed by atoms with Crippen LogP contribution in [0.2, 0.25) is 0 Å². The second kappa shape index (κ2) is 24.5. The molecule has 2 fully saturated rings. The van der Waals surface area contributed by atoms with Crippen molar-refractivity contribution in [2.75, 3.05) is 19.6 Å². The van der Waals surface area contributed by atoms with Gasteiger partial charge in [-0.25, -0.2) is 0 Å². The zero-order valence-corrected chi connectivity index (χ0v) is 23.0. The lowest BCUT2D eigenvalue weighted by Crippen LogP contribution is -2.38. The zero-order valence-electron chi connectivity index (χ0n) is 22.2. The lowest BCUT2D eigenvalue weighted by atomic mass is 9.95. The molecule has 2 aliphatic carbocycles. The third-order valence-corrected chi connectivity index (χ3v) is 6.36. The number of carbonyl (C=O) groups excluding carboxylic acids is 2. The summed E-state index contributed by atoms with van der Waals surface area (Å²) in [6, 6.07) is 1.00. The van der Waals surface area contributed by atoms with Gasteiger partial charge in [-0.15, -0.1) is 0 Å². The van der Waals surface area contributed by atoms with Gasteiger partial charge in [-0.05, 0) is 56.9 Å². The molecule has 0 radical (unpaired) electrons. The van der Waals surface area contributed by atoms with E-state index in [0.717, 1.165) is 0 Å². The molecule has 3 N–H and O–H groups in total. The smallest absolute Gasteiger partial charge is 0.224 e. The predicted octanol–water partition coefficient (Wildman–Crippen LogP) is 6.76. The maximum atomic E-state index is 11.3. The van der Waals surface area contributed by atoms with Crippen molar-refractivity contribution in [1.29, 1.82) is 0 Å². The predicted molar refractivity (Wildman–Crippen MR) is 147 cm³/mol. The molecule has 200 valence electrons. The Hall–Kier alpha value is -0.650. The summed E-state index contributed by atoms with van der Waals surface area (Å²) in [5.74, 6) is 0.320. The van der Waals surface area contributed by atoms with Crippen LogP contribution in [0.1, 0.15) is 120 Å². The third-order valence-electron chi connectivity index (χ3n) is 5.92. The van der Waals surface area contributed by atoms with Crippen LogP contribution in [0.15, 0.2) is 0 Å². The van der Waals surface area contributed by atoms with Crippen molar-refractivity contribution in [3.63, 3.8) is 0 Å². The van der Waals surface area contributed by atoms with Gasteiger partial charge in [-0.3, -0.25) is 9.59 Å². The molecule has 0 aliphatic heterocycles. The van der Waals surface area contributed by atoms with Crippen LogP contribution in [0, 0.1) is 11.8 Å². The molecule has 2 saturated carbocycles. The molecule has 0 heterocycles. The molecule has 2 aliphatic rings. The first-order valence-electron chi connectivity index (χ1n) is 13.1. The first-order valence-corrected chi connectivity index (χ1v) is 13.4. The maximum Gasteiger partial charge on any atom is 0.224 e. The van der Waals surface area contributed by atoms with Crippen LogP contribution in [-0.2, 0) is 9.59 Å². The Morgan fingerprint density at radius 2 is 1.18 bits per heavy atom. The van der Waals surface area contributed by atoms with Crippen LogP contribution < -0.4 is 11.1 Å². The number of hydrogen-bond acceptors (Lipinski definition) is 4. The third kappa shape index (κ3) is 24.3. The Balaban J connectivity index is -0.000000377. The number of carbonyl (C=O) groups is 2. The highest BCUT2D eigenvalue weighted by Gasteiger charge is 2.16.